The predicted molar refractivity (Wildman–Crippen MR) is 78.1 cm³/mol. The lowest BCUT2D eigenvalue weighted by Gasteiger charge is -2.06. The Balaban J connectivity index is 2.03. The third-order valence-electron chi connectivity index (χ3n) is 2.55. The second-order valence-electron chi connectivity index (χ2n) is 4.29. The molecule has 0 spiro atoms. The van der Waals surface area contributed by atoms with E-state index in [1.54, 1.807) is 0 Å². The maximum atomic E-state index is 11.4. The normalized spacial score (nSPS) is 11.1. The number of unbranched alkanes of at least 4 members (excludes halogenated alkanes) is 2. The standard InChI is InChI=1S/C13H18ClNO4S/c14-20(17,18)10-6-2-5-9-15-13(16)19-11-12-7-3-1-4-8-12/h1,3-4,7-8H,2,5-6,9-11H2,(H,15,16). The van der Waals surface area contributed by atoms with Crippen LogP contribution in [-0.4, -0.2) is 26.8 Å². The van der Waals surface area contributed by atoms with Crippen molar-refractivity contribution in [3.05, 3.63) is 35.9 Å². The molecule has 0 aliphatic carbocycles. The van der Waals surface area contributed by atoms with Crippen LogP contribution in [0.3, 0.4) is 0 Å². The predicted octanol–water partition coefficient (Wildman–Crippen LogP) is 2.65. The smallest absolute Gasteiger partial charge is 0.407 e. The fourth-order valence-electron chi connectivity index (χ4n) is 1.54. The zero-order valence-corrected chi connectivity index (χ0v) is 12.6. The topological polar surface area (TPSA) is 72.5 Å². The number of alkyl carbamates (subject to hydrolysis) is 1. The molecule has 0 aliphatic rings. The van der Waals surface area contributed by atoms with Gasteiger partial charge in [0, 0.05) is 17.2 Å². The van der Waals surface area contributed by atoms with E-state index in [-0.39, 0.29) is 12.4 Å². The molecule has 0 unspecified atom stereocenters. The van der Waals surface area contributed by atoms with Crippen LogP contribution in [0.15, 0.2) is 30.3 Å². The number of ether oxygens (including phenoxy) is 1. The van der Waals surface area contributed by atoms with Gasteiger partial charge < -0.3 is 10.1 Å². The van der Waals surface area contributed by atoms with Crippen LogP contribution >= 0.6 is 10.7 Å². The molecule has 5 nitrogen and oxygen atoms in total. The number of benzene rings is 1. The molecule has 0 heterocycles. The minimum Gasteiger partial charge on any atom is -0.445 e. The van der Waals surface area contributed by atoms with Crippen LogP contribution in [0, 0.1) is 0 Å². The van der Waals surface area contributed by atoms with E-state index in [0.29, 0.717) is 25.8 Å². The summed E-state index contributed by atoms with van der Waals surface area (Å²) in [6.45, 7) is 0.688. The molecule has 1 rings (SSSR count). The van der Waals surface area contributed by atoms with Crippen molar-refractivity contribution in [2.45, 2.75) is 25.9 Å². The SMILES string of the molecule is O=C(NCCCCCS(=O)(=O)Cl)OCc1ccccc1. The highest BCUT2D eigenvalue weighted by atomic mass is 35.7. The van der Waals surface area contributed by atoms with E-state index in [1.165, 1.54) is 0 Å². The van der Waals surface area contributed by atoms with E-state index in [1.807, 2.05) is 30.3 Å². The summed E-state index contributed by atoms with van der Waals surface area (Å²) in [6, 6.07) is 9.40. The fraction of sp³-hybridized carbons (Fsp3) is 0.462. The van der Waals surface area contributed by atoms with Gasteiger partial charge in [0.2, 0.25) is 9.05 Å². The zero-order chi connectivity index (χ0) is 14.8. The first kappa shape index (κ1) is 16.8. The van der Waals surface area contributed by atoms with Crippen molar-refractivity contribution >= 4 is 25.8 Å². The lowest BCUT2D eigenvalue weighted by atomic mass is 10.2. The van der Waals surface area contributed by atoms with E-state index >= 15 is 0 Å². The second kappa shape index (κ2) is 8.81. The van der Waals surface area contributed by atoms with Gasteiger partial charge >= 0.3 is 6.09 Å². The lowest BCUT2D eigenvalue weighted by molar-refractivity contribution is 0.139. The van der Waals surface area contributed by atoms with Crippen LogP contribution in [0.5, 0.6) is 0 Å². The Bertz CT molecular complexity index is 504. The molecule has 0 bridgehead atoms. The largest absolute Gasteiger partial charge is 0.445 e. The summed E-state index contributed by atoms with van der Waals surface area (Å²) in [5.41, 5.74) is 0.926. The number of nitrogens with one attached hydrogen (secondary N) is 1. The minimum absolute atomic E-state index is 0.0347. The molecular weight excluding hydrogens is 302 g/mol. The van der Waals surface area contributed by atoms with Gasteiger partial charge in [0.15, 0.2) is 0 Å². The quantitative estimate of drug-likeness (QED) is 0.590. The Hall–Kier alpha value is -1.27. The first-order chi connectivity index (χ1) is 9.47. The molecule has 0 aliphatic heterocycles. The van der Waals surface area contributed by atoms with Gasteiger partial charge in [-0.25, -0.2) is 13.2 Å². The van der Waals surface area contributed by atoms with Gasteiger partial charge in [-0.15, -0.1) is 0 Å². The summed E-state index contributed by atoms with van der Waals surface area (Å²) >= 11 is 0. The molecule has 1 N–H and O–H groups in total. The molecule has 0 saturated carbocycles. The third-order valence-corrected chi connectivity index (χ3v) is 3.79. The summed E-state index contributed by atoms with van der Waals surface area (Å²) in [6.07, 6.45) is 1.39. The van der Waals surface area contributed by atoms with Crippen molar-refractivity contribution < 1.29 is 17.9 Å². The maximum Gasteiger partial charge on any atom is 0.407 e. The summed E-state index contributed by atoms with van der Waals surface area (Å²) in [7, 11) is 1.67. The number of amides is 1. The highest BCUT2D eigenvalue weighted by molar-refractivity contribution is 8.13. The van der Waals surface area contributed by atoms with Gasteiger partial charge in [-0.05, 0) is 18.4 Å². The zero-order valence-electron chi connectivity index (χ0n) is 11.0. The number of carbonyl (C=O) groups is 1. The molecule has 1 amide bonds. The molecule has 0 saturated heterocycles. The Kier molecular flexibility index (Phi) is 7.40. The number of rotatable bonds is 8. The molecule has 0 atom stereocenters. The maximum absolute atomic E-state index is 11.4. The Morgan fingerprint density at radius 3 is 2.50 bits per heavy atom. The molecule has 7 heteroatoms. The summed E-state index contributed by atoms with van der Waals surface area (Å²) in [4.78, 5) is 11.4. The molecule has 1 aromatic carbocycles. The van der Waals surface area contributed by atoms with Crippen molar-refractivity contribution in [1.82, 2.24) is 5.32 Å². The van der Waals surface area contributed by atoms with Gasteiger partial charge in [0.25, 0.3) is 0 Å². The number of carbonyl (C=O) groups excluding carboxylic acids is 1. The first-order valence-electron chi connectivity index (χ1n) is 6.34. The third kappa shape index (κ3) is 8.77. The van der Waals surface area contributed by atoms with Crippen LogP contribution in [0.25, 0.3) is 0 Å². The summed E-state index contributed by atoms with van der Waals surface area (Å²) in [5, 5.41) is 2.61. The molecular formula is C13H18ClNO4S. The van der Waals surface area contributed by atoms with E-state index in [0.717, 1.165) is 5.56 Å². The first-order valence-corrected chi connectivity index (χ1v) is 8.82. The Morgan fingerprint density at radius 1 is 1.15 bits per heavy atom. The highest BCUT2D eigenvalue weighted by Gasteiger charge is 2.05. The fourth-order valence-corrected chi connectivity index (χ4v) is 2.42. The van der Waals surface area contributed by atoms with Gasteiger partial charge in [0.05, 0.1) is 5.75 Å². The van der Waals surface area contributed by atoms with Crippen molar-refractivity contribution in [3.63, 3.8) is 0 Å². The van der Waals surface area contributed by atoms with Crippen LogP contribution < -0.4 is 5.32 Å². The molecule has 112 valence electrons. The van der Waals surface area contributed by atoms with Crippen molar-refractivity contribution in [2.24, 2.45) is 0 Å². The van der Waals surface area contributed by atoms with Crippen LogP contribution in [0.1, 0.15) is 24.8 Å². The van der Waals surface area contributed by atoms with Gasteiger partial charge in [-0.1, -0.05) is 36.8 Å². The van der Waals surface area contributed by atoms with Gasteiger partial charge in [-0.3, -0.25) is 0 Å². The Morgan fingerprint density at radius 2 is 1.85 bits per heavy atom. The summed E-state index contributed by atoms with van der Waals surface area (Å²) < 4.78 is 26.4. The average molecular weight is 320 g/mol. The average Bonchev–Trinajstić information content (AvgIpc) is 2.40. The van der Waals surface area contributed by atoms with Crippen molar-refractivity contribution in [3.8, 4) is 0 Å². The number of hydrogen-bond acceptors (Lipinski definition) is 4. The lowest BCUT2D eigenvalue weighted by Crippen LogP contribution is -2.25. The highest BCUT2D eigenvalue weighted by Crippen LogP contribution is 2.03. The monoisotopic (exact) mass is 319 g/mol. The van der Waals surface area contributed by atoms with E-state index in [4.69, 9.17) is 15.4 Å². The second-order valence-corrected chi connectivity index (χ2v) is 7.19. The molecule has 0 fully saturated rings. The summed E-state index contributed by atoms with van der Waals surface area (Å²) in [5.74, 6) is -0.0347. The van der Waals surface area contributed by atoms with Gasteiger partial charge in [-0.2, -0.15) is 0 Å². The minimum atomic E-state index is -3.41. The molecule has 20 heavy (non-hydrogen) atoms. The van der Waals surface area contributed by atoms with Crippen molar-refractivity contribution in [2.75, 3.05) is 12.3 Å². The number of halogens is 1. The van der Waals surface area contributed by atoms with Crippen LogP contribution in [0.4, 0.5) is 4.79 Å². The van der Waals surface area contributed by atoms with E-state index in [2.05, 4.69) is 5.32 Å². The number of hydrogen-bond donors (Lipinski definition) is 1. The van der Waals surface area contributed by atoms with E-state index in [9.17, 15) is 13.2 Å². The van der Waals surface area contributed by atoms with Crippen molar-refractivity contribution in [1.29, 1.82) is 0 Å². The van der Waals surface area contributed by atoms with Gasteiger partial charge in [0.1, 0.15) is 6.61 Å². The molecule has 0 aromatic heterocycles. The van der Waals surface area contributed by atoms with Crippen LogP contribution in [-0.2, 0) is 20.4 Å². The van der Waals surface area contributed by atoms with Crippen LogP contribution in [0.2, 0.25) is 0 Å². The molecule has 1 aromatic rings. The van der Waals surface area contributed by atoms with E-state index < -0.39 is 15.1 Å². The Labute approximate surface area is 123 Å². The molecule has 0 radical (unpaired) electrons.